The van der Waals surface area contributed by atoms with Crippen molar-refractivity contribution >= 4 is 41.5 Å². The highest BCUT2D eigenvalue weighted by molar-refractivity contribution is 14.0. The second kappa shape index (κ2) is 8.47. The van der Waals surface area contributed by atoms with Crippen LogP contribution in [0.1, 0.15) is 20.8 Å². The Balaban J connectivity index is 0.00000324. The van der Waals surface area contributed by atoms with Crippen molar-refractivity contribution in [1.29, 1.82) is 0 Å². The predicted octanol–water partition coefficient (Wildman–Crippen LogP) is 3.04. The van der Waals surface area contributed by atoms with Crippen LogP contribution < -0.4 is 15.8 Å². The first-order chi connectivity index (χ1) is 8.38. The number of halogens is 2. The summed E-state index contributed by atoms with van der Waals surface area (Å²) in [6, 6.07) is 7.34. The molecule has 4 nitrogen and oxygen atoms in total. The van der Waals surface area contributed by atoms with Gasteiger partial charge in [-0.2, -0.15) is 0 Å². The maximum Gasteiger partial charge on any atom is 0.189 e. The summed E-state index contributed by atoms with van der Waals surface area (Å²) >= 11 is 5.95. The summed E-state index contributed by atoms with van der Waals surface area (Å²) in [6.07, 6.45) is 0. The summed E-state index contributed by atoms with van der Waals surface area (Å²) < 4.78 is 5.49. The maximum atomic E-state index is 5.95. The van der Waals surface area contributed by atoms with E-state index in [-0.39, 0.29) is 29.5 Å². The molecule has 6 heteroatoms. The third-order valence-electron chi connectivity index (χ3n) is 1.97. The van der Waals surface area contributed by atoms with Crippen molar-refractivity contribution in [2.24, 2.45) is 10.7 Å². The molecule has 0 saturated carbocycles. The highest BCUT2D eigenvalue weighted by atomic mass is 127. The Morgan fingerprint density at radius 3 is 2.58 bits per heavy atom. The number of ether oxygens (including phenoxy) is 1. The number of aliphatic imine (C=N–C) groups is 1. The van der Waals surface area contributed by atoms with Gasteiger partial charge in [-0.15, -0.1) is 24.0 Å². The SMILES string of the molecule is CC(C)(C)NC(N)=NCCOc1ccccc1Cl.I. The lowest BCUT2D eigenvalue weighted by Crippen LogP contribution is -2.45. The van der Waals surface area contributed by atoms with Crippen LogP contribution in [0.2, 0.25) is 5.02 Å². The topological polar surface area (TPSA) is 59.6 Å². The van der Waals surface area contributed by atoms with Crippen molar-refractivity contribution in [3.05, 3.63) is 29.3 Å². The summed E-state index contributed by atoms with van der Waals surface area (Å²) in [5.74, 6) is 1.09. The molecular weight excluding hydrogens is 377 g/mol. The number of rotatable bonds is 4. The van der Waals surface area contributed by atoms with E-state index in [1.165, 1.54) is 0 Å². The molecule has 0 radical (unpaired) electrons. The van der Waals surface area contributed by atoms with E-state index in [2.05, 4.69) is 10.3 Å². The van der Waals surface area contributed by atoms with E-state index in [1.807, 2.05) is 39.0 Å². The van der Waals surface area contributed by atoms with E-state index < -0.39 is 0 Å². The van der Waals surface area contributed by atoms with Gasteiger partial charge >= 0.3 is 0 Å². The zero-order valence-electron chi connectivity index (χ0n) is 11.4. The van der Waals surface area contributed by atoms with Gasteiger partial charge in [0.1, 0.15) is 12.4 Å². The molecule has 0 fully saturated rings. The molecule has 0 saturated heterocycles. The summed E-state index contributed by atoms with van der Waals surface area (Å²) in [5.41, 5.74) is 5.64. The smallest absolute Gasteiger partial charge is 0.189 e. The van der Waals surface area contributed by atoms with Crippen molar-refractivity contribution < 1.29 is 4.74 Å². The zero-order valence-corrected chi connectivity index (χ0v) is 14.5. The number of hydrogen-bond acceptors (Lipinski definition) is 2. The zero-order chi connectivity index (χ0) is 13.6. The van der Waals surface area contributed by atoms with E-state index in [0.717, 1.165) is 0 Å². The predicted molar refractivity (Wildman–Crippen MR) is 91.7 cm³/mol. The number of nitrogens with zero attached hydrogens (tertiary/aromatic N) is 1. The van der Waals surface area contributed by atoms with Crippen molar-refractivity contribution in [2.45, 2.75) is 26.3 Å². The molecule has 1 rings (SSSR count). The van der Waals surface area contributed by atoms with Crippen LogP contribution in [0.4, 0.5) is 0 Å². The van der Waals surface area contributed by atoms with Crippen LogP contribution in [0.3, 0.4) is 0 Å². The largest absolute Gasteiger partial charge is 0.490 e. The molecule has 0 aliphatic carbocycles. The minimum atomic E-state index is -0.0861. The summed E-state index contributed by atoms with van der Waals surface area (Å²) in [4.78, 5) is 4.17. The minimum absolute atomic E-state index is 0. The monoisotopic (exact) mass is 397 g/mol. The highest BCUT2D eigenvalue weighted by Gasteiger charge is 2.09. The normalized spacial score (nSPS) is 11.7. The molecular formula is C13H21ClIN3O. The van der Waals surface area contributed by atoms with Gasteiger partial charge in [-0.05, 0) is 32.9 Å². The first-order valence-electron chi connectivity index (χ1n) is 5.84. The molecule has 0 aliphatic rings. The van der Waals surface area contributed by atoms with Gasteiger partial charge in [0.25, 0.3) is 0 Å². The van der Waals surface area contributed by atoms with E-state index in [0.29, 0.717) is 29.9 Å². The third kappa shape index (κ3) is 8.15. The molecule has 0 atom stereocenters. The molecule has 0 aromatic heterocycles. The van der Waals surface area contributed by atoms with Gasteiger partial charge in [0.2, 0.25) is 0 Å². The molecule has 0 bridgehead atoms. The number of nitrogens with two attached hydrogens (primary N) is 1. The fourth-order valence-corrected chi connectivity index (χ4v) is 1.50. The number of nitrogens with one attached hydrogen (secondary N) is 1. The van der Waals surface area contributed by atoms with E-state index in [4.69, 9.17) is 22.1 Å². The molecule has 0 heterocycles. The van der Waals surface area contributed by atoms with Gasteiger partial charge in [-0.25, -0.2) is 4.99 Å². The Hall–Kier alpha value is -0.690. The second-order valence-electron chi connectivity index (χ2n) is 4.92. The van der Waals surface area contributed by atoms with Crippen LogP contribution >= 0.6 is 35.6 Å². The molecule has 0 amide bonds. The number of benzene rings is 1. The lowest BCUT2D eigenvalue weighted by molar-refractivity contribution is 0.328. The Kier molecular flexibility index (Phi) is 8.17. The molecule has 1 aromatic rings. The average Bonchev–Trinajstić information content (AvgIpc) is 2.24. The van der Waals surface area contributed by atoms with Gasteiger partial charge in [-0.1, -0.05) is 23.7 Å². The molecule has 0 aliphatic heterocycles. The van der Waals surface area contributed by atoms with Crippen LogP contribution in [0.5, 0.6) is 5.75 Å². The first kappa shape index (κ1) is 18.3. The van der Waals surface area contributed by atoms with Crippen molar-refractivity contribution in [3.63, 3.8) is 0 Å². The van der Waals surface area contributed by atoms with Gasteiger partial charge in [0, 0.05) is 5.54 Å². The molecule has 3 N–H and O–H groups in total. The first-order valence-corrected chi connectivity index (χ1v) is 6.22. The van der Waals surface area contributed by atoms with E-state index >= 15 is 0 Å². The maximum absolute atomic E-state index is 5.95. The average molecular weight is 398 g/mol. The number of para-hydroxylation sites is 1. The summed E-state index contributed by atoms with van der Waals surface area (Å²) in [6.45, 7) is 7.00. The molecule has 0 spiro atoms. The van der Waals surface area contributed by atoms with Crippen LogP contribution in [0.25, 0.3) is 0 Å². The van der Waals surface area contributed by atoms with Crippen LogP contribution in [-0.2, 0) is 0 Å². The lowest BCUT2D eigenvalue weighted by Gasteiger charge is -2.20. The standard InChI is InChI=1S/C13H20ClN3O.HI/c1-13(2,3)17-12(15)16-8-9-18-11-7-5-4-6-10(11)14;/h4-7H,8-9H2,1-3H3,(H3,15,16,17);1H. The van der Waals surface area contributed by atoms with Gasteiger partial charge in [0.15, 0.2) is 5.96 Å². The van der Waals surface area contributed by atoms with Crippen LogP contribution in [0, 0.1) is 0 Å². The Labute approximate surface area is 136 Å². The molecule has 1 aromatic carbocycles. The fraction of sp³-hybridized carbons (Fsp3) is 0.462. The molecule has 19 heavy (non-hydrogen) atoms. The van der Waals surface area contributed by atoms with Crippen LogP contribution in [-0.4, -0.2) is 24.7 Å². The van der Waals surface area contributed by atoms with E-state index in [9.17, 15) is 0 Å². The quantitative estimate of drug-likeness (QED) is 0.355. The number of hydrogen-bond donors (Lipinski definition) is 2. The van der Waals surface area contributed by atoms with Crippen molar-refractivity contribution in [1.82, 2.24) is 5.32 Å². The second-order valence-corrected chi connectivity index (χ2v) is 5.33. The van der Waals surface area contributed by atoms with E-state index in [1.54, 1.807) is 6.07 Å². The van der Waals surface area contributed by atoms with Crippen molar-refractivity contribution in [2.75, 3.05) is 13.2 Å². The molecule has 0 unspecified atom stereocenters. The summed E-state index contributed by atoms with van der Waals surface area (Å²) in [5, 5.41) is 3.67. The summed E-state index contributed by atoms with van der Waals surface area (Å²) in [7, 11) is 0. The minimum Gasteiger partial charge on any atom is -0.490 e. The van der Waals surface area contributed by atoms with Gasteiger partial charge < -0.3 is 15.8 Å². The third-order valence-corrected chi connectivity index (χ3v) is 2.28. The Morgan fingerprint density at radius 2 is 2.00 bits per heavy atom. The number of guanidine groups is 1. The Bertz CT molecular complexity index is 419. The lowest BCUT2D eigenvalue weighted by atomic mass is 10.1. The van der Waals surface area contributed by atoms with Gasteiger partial charge in [-0.3, -0.25) is 0 Å². The highest BCUT2D eigenvalue weighted by Crippen LogP contribution is 2.22. The molecule has 108 valence electrons. The van der Waals surface area contributed by atoms with Crippen LogP contribution in [0.15, 0.2) is 29.3 Å². The van der Waals surface area contributed by atoms with Gasteiger partial charge in [0.05, 0.1) is 11.6 Å². The fourth-order valence-electron chi connectivity index (χ4n) is 1.31. The Morgan fingerprint density at radius 1 is 1.37 bits per heavy atom. The van der Waals surface area contributed by atoms with Crippen molar-refractivity contribution in [3.8, 4) is 5.75 Å².